The highest BCUT2D eigenvalue weighted by atomic mass is 16.6. The zero-order valence-electron chi connectivity index (χ0n) is 9.12. The number of anilines is 1. The van der Waals surface area contributed by atoms with Crippen molar-refractivity contribution in [3.8, 4) is 0 Å². The maximum atomic E-state index is 10.8. The Morgan fingerprint density at radius 1 is 1.35 bits per heavy atom. The van der Waals surface area contributed by atoms with Gasteiger partial charge >= 0.3 is 0 Å². The number of non-ortho nitro benzene ring substituents is 1. The number of benzene rings is 1. The van der Waals surface area contributed by atoms with Crippen LogP contribution in [0.1, 0.15) is 6.92 Å². The highest BCUT2D eigenvalue weighted by Crippen LogP contribution is 2.29. The van der Waals surface area contributed by atoms with Crippen LogP contribution in [0.4, 0.5) is 17.1 Å². The molecule has 0 bridgehead atoms. The van der Waals surface area contributed by atoms with Crippen molar-refractivity contribution in [2.24, 2.45) is 0 Å². The van der Waals surface area contributed by atoms with Crippen LogP contribution in [0.25, 0.3) is 0 Å². The van der Waals surface area contributed by atoms with Crippen LogP contribution in [-0.2, 0) is 0 Å². The summed E-state index contributed by atoms with van der Waals surface area (Å²) >= 11 is 0. The van der Waals surface area contributed by atoms with E-state index in [-0.39, 0.29) is 23.1 Å². The molecule has 0 saturated carbocycles. The quantitative estimate of drug-likeness (QED) is 0.482. The predicted molar refractivity (Wildman–Crippen MR) is 63.0 cm³/mol. The van der Waals surface area contributed by atoms with Gasteiger partial charge in [-0.15, -0.1) is 6.58 Å². The molecule has 0 aromatic heterocycles. The van der Waals surface area contributed by atoms with Gasteiger partial charge in [0.25, 0.3) is 11.4 Å². The summed E-state index contributed by atoms with van der Waals surface area (Å²) < 4.78 is 0. The van der Waals surface area contributed by atoms with Crippen molar-refractivity contribution < 1.29 is 9.85 Å². The Morgan fingerprint density at radius 2 is 2.00 bits per heavy atom. The molecular formula is C10H11N3O4. The number of hydrogen-bond donors (Lipinski definition) is 1. The van der Waals surface area contributed by atoms with Crippen LogP contribution in [0.5, 0.6) is 0 Å². The first-order chi connectivity index (χ1) is 7.95. The first-order valence-corrected chi connectivity index (χ1v) is 4.77. The van der Waals surface area contributed by atoms with Crippen LogP contribution in [0.3, 0.4) is 0 Å². The molecule has 0 fully saturated rings. The molecule has 1 rings (SSSR count). The fraction of sp³-hybridized carbons (Fsp3) is 0.200. The van der Waals surface area contributed by atoms with Crippen LogP contribution < -0.4 is 5.32 Å². The lowest BCUT2D eigenvalue weighted by Gasteiger charge is -2.10. The second-order valence-corrected chi connectivity index (χ2v) is 3.38. The van der Waals surface area contributed by atoms with Gasteiger partial charge in [0.15, 0.2) is 0 Å². The summed E-state index contributed by atoms with van der Waals surface area (Å²) in [6.07, 6.45) is 1.57. The van der Waals surface area contributed by atoms with Crippen LogP contribution in [-0.4, -0.2) is 15.9 Å². The number of nitrogens with one attached hydrogen (secondary N) is 1. The third kappa shape index (κ3) is 3.00. The lowest BCUT2D eigenvalue weighted by atomic mass is 10.2. The topological polar surface area (TPSA) is 98.3 Å². The fourth-order valence-electron chi connectivity index (χ4n) is 1.21. The molecule has 7 nitrogen and oxygen atoms in total. The number of rotatable bonds is 5. The smallest absolute Gasteiger partial charge is 0.299 e. The molecule has 90 valence electrons. The first kappa shape index (κ1) is 12.6. The van der Waals surface area contributed by atoms with E-state index in [0.29, 0.717) is 0 Å². The van der Waals surface area contributed by atoms with Gasteiger partial charge in [0.1, 0.15) is 5.69 Å². The van der Waals surface area contributed by atoms with Crippen molar-refractivity contribution in [3.63, 3.8) is 0 Å². The molecule has 0 aliphatic carbocycles. The van der Waals surface area contributed by atoms with E-state index in [4.69, 9.17) is 0 Å². The van der Waals surface area contributed by atoms with Gasteiger partial charge in [0.2, 0.25) is 0 Å². The summed E-state index contributed by atoms with van der Waals surface area (Å²) in [5.41, 5.74) is -0.408. The molecule has 7 heteroatoms. The zero-order chi connectivity index (χ0) is 13.0. The average Bonchev–Trinajstić information content (AvgIpc) is 2.28. The Morgan fingerprint density at radius 3 is 2.47 bits per heavy atom. The molecule has 0 aliphatic heterocycles. The summed E-state index contributed by atoms with van der Waals surface area (Å²) in [5.74, 6) is 0. The molecule has 1 unspecified atom stereocenters. The van der Waals surface area contributed by atoms with E-state index in [1.54, 1.807) is 13.0 Å². The molecule has 1 aromatic carbocycles. The van der Waals surface area contributed by atoms with Gasteiger partial charge in [0, 0.05) is 12.1 Å². The lowest BCUT2D eigenvalue weighted by Crippen LogP contribution is -2.12. The minimum Gasteiger partial charge on any atom is -0.374 e. The predicted octanol–water partition coefficient (Wildman–Crippen LogP) is 2.49. The summed E-state index contributed by atoms with van der Waals surface area (Å²) in [5, 5.41) is 24.1. The monoisotopic (exact) mass is 237 g/mol. The maximum Gasteiger partial charge on any atom is 0.299 e. The van der Waals surface area contributed by atoms with E-state index in [1.807, 2.05) is 0 Å². The molecule has 0 radical (unpaired) electrons. The molecule has 0 spiro atoms. The average molecular weight is 237 g/mol. The van der Waals surface area contributed by atoms with Gasteiger partial charge in [-0.05, 0) is 13.0 Å². The van der Waals surface area contributed by atoms with E-state index in [0.717, 1.165) is 6.07 Å². The Hall–Kier alpha value is -2.44. The minimum atomic E-state index is -0.673. The van der Waals surface area contributed by atoms with Gasteiger partial charge < -0.3 is 5.32 Å². The Labute approximate surface area is 97.1 Å². The van der Waals surface area contributed by atoms with Crippen LogP contribution >= 0.6 is 0 Å². The third-order valence-electron chi connectivity index (χ3n) is 2.13. The maximum absolute atomic E-state index is 10.8. The van der Waals surface area contributed by atoms with E-state index in [9.17, 15) is 20.2 Å². The molecule has 17 heavy (non-hydrogen) atoms. The molecule has 0 aliphatic rings. The minimum absolute atomic E-state index is 0.171. The second kappa shape index (κ2) is 5.06. The van der Waals surface area contributed by atoms with Crippen molar-refractivity contribution in [1.29, 1.82) is 0 Å². The number of nitro benzene ring substituents is 2. The number of hydrogen-bond acceptors (Lipinski definition) is 5. The fourth-order valence-corrected chi connectivity index (χ4v) is 1.21. The highest BCUT2D eigenvalue weighted by Gasteiger charge is 2.19. The van der Waals surface area contributed by atoms with Crippen LogP contribution in [0.2, 0.25) is 0 Å². The normalized spacial score (nSPS) is 11.6. The standard InChI is InChI=1S/C10H11N3O4/c1-3-7(2)11-9-5-4-8(12(14)15)6-10(9)13(16)17/h3-7,11H,1H2,2H3. The van der Waals surface area contributed by atoms with Crippen molar-refractivity contribution in [1.82, 2.24) is 0 Å². The molecule has 0 amide bonds. The Bertz CT molecular complexity index is 473. The van der Waals surface area contributed by atoms with Gasteiger partial charge in [-0.25, -0.2) is 0 Å². The largest absolute Gasteiger partial charge is 0.374 e. The van der Waals surface area contributed by atoms with Gasteiger partial charge in [0.05, 0.1) is 15.9 Å². The number of nitrogens with zero attached hydrogens (tertiary/aromatic N) is 2. The molecule has 1 N–H and O–H groups in total. The molecule has 1 aromatic rings. The molecular weight excluding hydrogens is 226 g/mol. The van der Waals surface area contributed by atoms with E-state index in [2.05, 4.69) is 11.9 Å². The summed E-state index contributed by atoms with van der Waals surface area (Å²) in [6, 6.07) is 3.29. The SMILES string of the molecule is C=CC(C)Nc1ccc([N+](=O)[O-])cc1[N+](=O)[O-]. The van der Waals surface area contributed by atoms with E-state index < -0.39 is 9.85 Å². The molecule has 1 atom stereocenters. The summed E-state index contributed by atoms with van der Waals surface area (Å²) in [4.78, 5) is 20.0. The lowest BCUT2D eigenvalue weighted by molar-refractivity contribution is -0.393. The van der Waals surface area contributed by atoms with Crippen molar-refractivity contribution in [3.05, 3.63) is 51.1 Å². The van der Waals surface area contributed by atoms with Gasteiger partial charge in [-0.2, -0.15) is 0 Å². The van der Waals surface area contributed by atoms with E-state index in [1.165, 1.54) is 12.1 Å². The zero-order valence-corrected chi connectivity index (χ0v) is 9.12. The third-order valence-corrected chi connectivity index (χ3v) is 2.13. The first-order valence-electron chi connectivity index (χ1n) is 4.77. The van der Waals surface area contributed by atoms with Gasteiger partial charge in [-0.3, -0.25) is 20.2 Å². The van der Waals surface area contributed by atoms with Crippen LogP contribution in [0, 0.1) is 20.2 Å². The highest BCUT2D eigenvalue weighted by molar-refractivity contribution is 5.65. The summed E-state index contributed by atoms with van der Waals surface area (Å²) in [7, 11) is 0. The Kier molecular flexibility index (Phi) is 3.76. The van der Waals surface area contributed by atoms with Gasteiger partial charge in [-0.1, -0.05) is 6.08 Å². The Balaban J connectivity index is 3.17. The van der Waals surface area contributed by atoms with Crippen LogP contribution in [0.15, 0.2) is 30.9 Å². The number of nitro groups is 2. The van der Waals surface area contributed by atoms with E-state index >= 15 is 0 Å². The molecule has 0 saturated heterocycles. The summed E-state index contributed by atoms with van der Waals surface area (Å²) in [6.45, 7) is 5.30. The molecule has 0 heterocycles. The van der Waals surface area contributed by atoms with Crippen molar-refractivity contribution >= 4 is 17.1 Å². The second-order valence-electron chi connectivity index (χ2n) is 3.38. The van der Waals surface area contributed by atoms with Crippen molar-refractivity contribution in [2.75, 3.05) is 5.32 Å². The van der Waals surface area contributed by atoms with Crippen molar-refractivity contribution in [2.45, 2.75) is 13.0 Å².